The molecule has 0 aromatic carbocycles. The van der Waals surface area contributed by atoms with Gasteiger partial charge in [-0.3, -0.25) is 67.1 Å². The monoisotopic (exact) mass is 1210 g/mol. The van der Waals surface area contributed by atoms with Crippen LogP contribution in [0.1, 0.15) is 132 Å². The fourth-order valence-corrected chi connectivity index (χ4v) is 9.11. The van der Waals surface area contributed by atoms with Crippen LogP contribution < -0.4 is 70.0 Å². The number of nitrogens with one attached hydrogen (secondary N) is 11. The number of likely N-dealkylation sites (tertiary alicyclic amines) is 1. The summed E-state index contributed by atoms with van der Waals surface area (Å²) in [6.45, 7) is 12.4. The summed E-state index contributed by atoms with van der Waals surface area (Å²) in [6, 6.07) is -14.3. The van der Waals surface area contributed by atoms with E-state index in [0.29, 0.717) is 25.8 Å². The van der Waals surface area contributed by atoms with E-state index in [9.17, 15) is 82.1 Å². The Balaban J connectivity index is 2.17. The van der Waals surface area contributed by atoms with Gasteiger partial charge in [-0.2, -0.15) is 0 Å². The number of unbranched alkanes of at least 4 members (excludes halogenated alkanes) is 1. The van der Waals surface area contributed by atoms with Gasteiger partial charge in [0.05, 0.1) is 19.0 Å². The van der Waals surface area contributed by atoms with Crippen LogP contribution in [-0.4, -0.2) is 202 Å². The van der Waals surface area contributed by atoms with Gasteiger partial charge >= 0.3 is 17.9 Å². The fraction of sp³-hybridized carbons (Fsp3) is 0.717. The first-order chi connectivity index (χ1) is 39.8. The Bertz CT molecular complexity index is 2420. The summed E-state index contributed by atoms with van der Waals surface area (Å²) in [6.07, 6.45) is -0.452. The van der Waals surface area contributed by atoms with Gasteiger partial charge in [0.2, 0.25) is 70.9 Å². The summed E-state index contributed by atoms with van der Waals surface area (Å²) in [7, 11) is 0. The Kier molecular flexibility index (Phi) is 30.9. The van der Waals surface area contributed by atoms with E-state index in [0.717, 1.165) is 11.3 Å². The number of carboxylic acids is 3. The zero-order chi connectivity index (χ0) is 64.4. The van der Waals surface area contributed by atoms with Crippen LogP contribution in [0, 0.1) is 17.8 Å². The molecule has 12 amide bonds. The number of hydrogen-bond donors (Lipinski definition) is 16. The Morgan fingerprint density at radius 1 is 0.518 bits per heavy atom. The van der Waals surface area contributed by atoms with Crippen molar-refractivity contribution in [2.45, 2.75) is 199 Å². The minimum atomic E-state index is -1.91. The number of carbonyl (C=O) groups is 15. The molecular formula is C53H88N14O18. The van der Waals surface area contributed by atoms with Gasteiger partial charge < -0.3 is 90.2 Å². The SMILES string of the molecule is CC(C)[C@H](NC(=O)CNC(=O)[C@@H](NC(=O)[C@@H]1CCCN1C(=O)[C@H](CCC(=O)O)NC(=O)[C@H](C)NC(=O)[C@H](C)NC(=O)[C@@H]1CCCN1)C(C)C)C(=O)N[C@H](C(=O)N[C@@H](CCCCN)C(=O)N[C@@H](CCC(N)=O)C(=O)N[C@@H](CC(=O)O)C(=O)O)C(C)C. The van der Waals surface area contributed by atoms with Gasteiger partial charge in [-0.25, -0.2) is 4.79 Å². The maximum absolute atomic E-state index is 14.1. The zero-order valence-electron chi connectivity index (χ0n) is 49.5. The molecule has 2 saturated heterocycles. The summed E-state index contributed by atoms with van der Waals surface area (Å²) in [5.41, 5.74) is 10.9. The first-order valence-electron chi connectivity index (χ1n) is 28.5. The number of amides is 12. The number of primary amides is 1. The van der Waals surface area contributed by atoms with Crippen molar-refractivity contribution >= 4 is 88.8 Å². The lowest BCUT2D eigenvalue weighted by atomic mass is 9.98. The highest BCUT2D eigenvalue weighted by Crippen LogP contribution is 2.21. The van der Waals surface area contributed by atoms with Crippen molar-refractivity contribution in [2.75, 3.05) is 26.2 Å². The molecule has 2 rings (SSSR count). The van der Waals surface area contributed by atoms with Crippen molar-refractivity contribution in [1.82, 2.24) is 63.4 Å². The molecule has 2 heterocycles. The van der Waals surface area contributed by atoms with E-state index in [2.05, 4.69) is 53.2 Å². The zero-order valence-corrected chi connectivity index (χ0v) is 49.5. The number of nitrogens with two attached hydrogens (primary N) is 2. The highest BCUT2D eigenvalue weighted by molar-refractivity contribution is 5.99. The molecule has 2 aliphatic heterocycles. The van der Waals surface area contributed by atoms with Gasteiger partial charge in [0.25, 0.3) is 0 Å². The molecule has 0 unspecified atom stereocenters. The van der Waals surface area contributed by atoms with Gasteiger partial charge in [-0.15, -0.1) is 0 Å². The number of aliphatic carboxylic acids is 3. The number of carboxylic acid groups (broad SMARTS) is 3. The van der Waals surface area contributed by atoms with E-state index in [1.807, 2.05) is 5.32 Å². The number of rotatable bonds is 37. The molecule has 2 fully saturated rings. The Morgan fingerprint density at radius 3 is 1.58 bits per heavy atom. The molecule has 85 heavy (non-hydrogen) atoms. The van der Waals surface area contributed by atoms with Crippen molar-refractivity contribution in [3.8, 4) is 0 Å². The second-order valence-corrected chi connectivity index (χ2v) is 22.2. The molecule has 0 bridgehead atoms. The molecule has 32 nitrogen and oxygen atoms in total. The normalized spacial score (nSPS) is 17.9. The van der Waals surface area contributed by atoms with E-state index >= 15 is 0 Å². The van der Waals surface area contributed by atoms with E-state index in [4.69, 9.17) is 16.6 Å². The summed E-state index contributed by atoms with van der Waals surface area (Å²) in [5, 5.41) is 55.8. The number of carbonyl (C=O) groups excluding carboxylic acids is 12. The number of nitrogens with zero attached hydrogens (tertiary/aromatic N) is 1. The Morgan fingerprint density at radius 2 is 1.04 bits per heavy atom. The maximum Gasteiger partial charge on any atom is 0.326 e. The Labute approximate surface area is 492 Å². The lowest BCUT2D eigenvalue weighted by Crippen LogP contribution is -2.61. The predicted octanol–water partition coefficient (Wildman–Crippen LogP) is -4.96. The summed E-state index contributed by atoms with van der Waals surface area (Å²) >= 11 is 0. The van der Waals surface area contributed by atoms with E-state index in [1.165, 1.54) is 13.8 Å². The van der Waals surface area contributed by atoms with Crippen molar-refractivity contribution in [3.63, 3.8) is 0 Å². The largest absolute Gasteiger partial charge is 0.481 e. The molecule has 0 aliphatic carbocycles. The van der Waals surface area contributed by atoms with Crippen LogP contribution in [0.15, 0.2) is 0 Å². The van der Waals surface area contributed by atoms with Crippen LogP contribution in [0.3, 0.4) is 0 Å². The van der Waals surface area contributed by atoms with Crippen molar-refractivity contribution < 1.29 is 87.2 Å². The maximum atomic E-state index is 14.1. The third-order valence-electron chi connectivity index (χ3n) is 14.0. The molecule has 32 heteroatoms. The van der Waals surface area contributed by atoms with Gasteiger partial charge in [0.1, 0.15) is 60.4 Å². The van der Waals surface area contributed by atoms with Crippen LogP contribution in [0.5, 0.6) is 0 Å². The molecule has 478 valence electrons. The third-order valence-corrected chi connectivity index (χ3v) is 14.0. The quantitative estimate of drug-likeness (QED) is 0.0259. The lowest BCUT2D eigenvalue weighted by Gasteiger charge is -2.31. The van der Waals surface area contributed by atoms with E-state index < -0.39 is 199 Å². The topological polar surface area (TPSA) is 504 Å². The predicted molar refractivity (Wildman–Crippen MR) is 300 cm³/mol. The van der Waals surface area contributed by atoms with Gasteiger partial charge in [-0.1, -0.05) is 41.5 Å². The first kappa shape index (κ1) is 73.1. The second-order valence-electron chi connectivity index (χ2n) is 22.2. The first-order valence-corrected chi connectivity index (χ1v) is 28.5. The van der Waals surface area contributed by atoms with Crippen LogP contribution in [-0.2, 0) is 71.9 Å². The molecule has 0 aromatic rings. The molecule has 0 aromatic heterocycles. The Hall–Kier alpha value is -8.03. The van der Waals surface area contributed by atoms with Crippen molar-refractivity contribution in [1.29, 1.82) is 0 Å². The molecule has 0 spiro atoms. The summed E-state index contributed by atoms with van der Waals surface area (Å²) < 4.78 is 0. The minimum absolute atomic E-state index is 0.0238. The lowest BCUT2D eigenvalue weighted by molar-refractivity contribution is -0.147. The van der Waals surface area contributed by atoms with Crippen LogP contribution in [0.4, 0.5) is 0 Å². The smallest absolute Gasteiger partial charge is 0.326 e. The van der Waals surface area contributed by atoms with Gasteiger partial charge in [0.15, 0.2) is 0 Å². The summed E-state index contributed by atoms with van der Waals surface area (Å²) in [5.74, 6) is -16.3. The minimum Gasteiger partial charge on any atom is -0.481 e. The average molecular weight is 1210 g/mol. The van der Waals surface area contributed by atoms with Crippen molar-refractivity contribution in [3.05, 3.63) is 0 Å². The number of hydrogen-bond acceptors (Lipinski definition) is 17. The molecular weight excluding hydrogens is 1120 g/mol. The van der Waals surface area contributed by atoms with Gasteiger partial charge in [-0.05, 0) is 102 Å². The van der Waals surface area contributed by atoms with E-state index in [1.54, 1.807) is 41.5 Å². The standard InChI is InChI=1S/C53H88N14O18/c1-25(2)40(65-48(79)35-15-12-22-67(35)52(83)33(17-19-38(70)71)62-44(75)29(8)58-43(74)28(7)59-45(76)30-14-11-21-56-30)49(80)57-24-37(69)64-41(26(3)4)51(82)66-42(27(5)6)50(81)61-31(13-9-10-20-54)46(77)60-32(16-18-36(55)68)47(78)63-34(53(84)85)23-39(72)73/h25-35,40-42,56H,9-24,54H2,1-8H3,(H2,55,68)(H,57,80)(H,58,74)(H,59,76)(H,60,77)(H,61,81)(H,62,75)(H,63,78)(H,64,69)(H,65,79)(H,66,82)(H,70,71)(H,72,73)(H,84,85)/t28-,29-,30-,31-,32-,33-,34-,35-,40-,41-,42-/m0/s1. The van der Waals surface area contributed by atoms with Gasteiger partial charge in [0, 0.05) is 19.4 Å². The van der Waals surface area contributed by atoms with Crippen molar-refractivity contribution in [2.24, 2.45) is 29.2 Å². The molecule has 0 saturated carbocycles. The molecule has 0 radical (unpaired) electrons. The summed E-state index contributed by atoms with van der Waals surface area (Å²) in [4.78, 5) is 196. The second kappa shape index (κ2) is 36.0. The van der Waals surface area contributed by atoms with Crippen LogP contribution in [0.2, 0.25) is 0 Å². The van der Waals surface area contributed by atoms with Crippen LogP contribution in [0.25, 0.3) is 0 Å². The molecule has 2 aliphatic rings. The average Bonchev–Trinajstić information content (AvgIpc) is 4.33. The fourth-order valence-electron chi connectivity index (χ4n) is 9.11. The molecule has 18 N–H and O–H groups in total. The highest BCUT2D eigenvalue weighted by atomic mass is 16.4. The third kappa shape index (κ3) is 25.0. The highest BCUT2D eigenvalue weighted by Gasteiger charge is 2.41. The van der Waals surface area contributed by atoms with E-state index in [-0.39, 0.29) is 44.7 Å². The van der Waals surface area contributed by atoms with Crippen LogP contribution >= 0.6 is 0 Å². The molecule has 11 atom stereocenters.